The number of methoxy groups -OCH3 is 1. The van der Waals surface area contributed by atoms with Crippen LogP contribution in [0.4, 0.5) is 4.39 Å². The highest BCUT2D eigenvalue weighted by atomic mass is 19.1. The summed E-state index contributed by atoms with van der Waals surface area (Å²) in [6, 6.07) is 11.4. The van der Waals surface area contributed by atoms with Crippen molar-refractivity contribution in [3.8, 4) is 16.9 Å². The summed E-state index contributed by atoms with van der Waals surface area (Å²) in [6.07, 6.45) is 0. The Labute approximate surface area is 117 Å². The molecule has 0 fully saturated rings. The van der Waals surface area contributed by atoms with Crippen LogP contribution in [0.25, 0.3) is 11.1 Å². The lowest BCUT2D eigenvalue weighted by atomic mass is 10.0. The van der Waals surface area contributed by atoms with E-state index in [4.69, 9.17) is 4.74 Å². The number of rotatable bonds is 4. The van der Waals surface area contributed by atoms with Crippen LogP contribution in [0, 0.1) is 5.82 Å². The Morgan fingerprint density at radius 3 is 2.40 bits per heavy atom. The van der Waals surface area contributed by atoms with Gasteiger partial charge in [0, 0.05) is 0 Å². The standard InChI is InChI=1S/C16H15FO3/c1-3-20-15-6-4-11(5-7-15)12-8-13(16(18)19-2)10-14(17)9-12/h4-10H,3H2,1-2H3. The number of esters is 1. The number of hydrogen-bond donors (Lipinski definition) is 0. The van der Waals surface area contributed by atoms with Crippen LogP contribution in [0.2, 0.25) is 0 Å². The summed E-state index contributed by atoms with van der Waals surface area (Å²) in [5.41, 5.74) is 1.61. The molecule has 4 heteroatoms. The van der Waals surface area contributed by atoms with Crippen LogP contribution in [0.5, 0.6) is 5.75 Å². The van der Waals surface area contributed by atoms with Gasteiger partial charge >= 0.3 is 5.97 Å². The first-order chi connectivity index (χ1) is 9.63. The summed E-state index contributed by atoms with van der Waals surface area (Å²) < 4.78 is 23.5. The third-order valence-electron chi connectivity index (χ3n) is 2.82. The number of carbonyl (C=O) groups is 1. The largest absolute Gasteiger partial charge is 0.494 e. The highest BCUT2D eigenvalue weighted by Gasteiger charge is 2.10. The minimum atomic E-state index is -0.559. The molecule has 0 spiro atoms. The van der Waals surface area contributed by atoms with Crippen molar-refractivity contribution in [3.05, 3.63) is 53.8 Å². The monoisotopic (exact) mass is 274 g/mol. The van der Waals surface area contributed by atoms with E-state index < -0.39 is 11.8 Å². The van der Waals surface area contributed by atoms with Crippen molar-refractivity contribution >= 4 is 5.97 Å². The minimum absolute atomic E-state index is 0.191. The van der Waals surface area contributed by atoms with E-state index in [9.17, 15) is 9.18 Å². The Hall–Kier alpha value is -2.36. The molecule has 2 aromatic carbocycles. The molecule has 0 heterocycles. The summed E-state index contributed by atoms with van der Waals surface area (Å²) in [5.74, 6) is -0.283. The summed E-state index contributed by atoms with van der Waals surface area (Å²) in [4.78, 5) is 11.5. The van der Waals surface area contributed by atoms with Crippen molar-refractivity contribution in [1.82, 2.24) is 0 Å². The Morgan fingerprint density at radius 1 is 1.10 bits per heavy atom. The second-order valence-corrected chi connectivity index (χ2v) is 4.18. The van der Waals surface area contributed by atoms with Gasteiger partial charge in [-0.05, 0) is 48.4 Å². The van der Waals surface area contributed by atoms with Crippen LogP contribution < -0.4 is 4.74 Å². The van der Waals surface area contributed by atoms with Gasteiger partial charge in [0.15, 0.2) is 0 Å². The summed E-state index contributed by atoms with van der Waals surface area (Å²) in [6.45, 7) is 2.49. The third kappa shape index (κ3) is 3.15. The van der Waals surface area contributed by atoms with Crippen molar-refractivity contribution in [3.63, 3.8) is 0 Å². The Balaban J connectivity index is 2.36. The molecule has 0 unspecified atom stereocenters. The smallest absolute Gasteiger partial charge is 0.337 e. The van der Waals surface area contributed by atoms with E-state index in [1.165, 1.54) is 13.2 Å². The number of hydrogen-bond acceptors (Lipinski definition) is 3. The van der Waals surface area contributed by atoms with Crippen molar-refractivity contribution in [2.45, 2.75) is 6.92 Å². The third-order valence-corrected chi connectivity index (χ3v) is 2.82. The number of benzene rings is 2. The van der Waals surface area contributed by atoms with Crippen molar-refractivity contribution in [2.75, 3.05) is 13.7 Å². The van der Waals surface area contributed by atoms with Gasteiger partial charge in [-0.1, -0.05) is 12.1 Å². The molecule has 3 nitrogen and oxygen atoms in total. The lowest BCUT2D eigenvalue weighted by Crippen LogP contribution is -2.02. The first-order valence-corrected chi connectivity index (χ1v) is 6.26. The fourth-order valence-corrected chi connectivity index (χ4v) is 1.90. The van der Waals surface area contributed by atoms with Gasteiger partial charge in [-0.3, -0.25) is 0 Å². The summed E-state index contributed by atoms with van der Waals surface area (Å²) in [5, 5.41) is 0. The quantitative estimate of drug-likeness (QED) is 0.798. The van der Waals surface area contributed by atoms with E-state index in [1.54, 1.807) is 6.07 Å². The average Bonchev–Trinajstić information content (AvgIpc) is 2.47. The summed E-state index contributed by atoms with van der Waals surface area (Å²) >= 11 is 0. The van der Waals surface area contributed by atoms with Gasteiger partial charge in [-0.2, -0.15) is 0 Å². The van der Waals surface area contributed by atoms with E-state index in [0.717, 1.165) is 17.4 Å². The molecule has 104 valence electrons. The van der Waals surface area contributed by atoms with Crippen LogP contribution in [0.3, 0.4) is 0 Å². The SMILES string of the molecule is CCOc1ccc(-c2cc(F)cc(C(=O)OC)c2)cc1. The van der Waals surface area contributed by atoms with Gasteiger partial charge in [0.25, 0.3) is 0 Å². The predicted molar refractivity (Wildman–Crippen MR) is 74.3 cm³/mol. The molecule has 2 aromatic rings. The molecule has 0 aliphatic heterocycles. The molecule has 0 aliphatic carbocycles. The second-order valence-electron chi connectivity index (χ2n) is 4.18. The fourth-order valence-electron chi connectivity index (χ4n) is 1.90. The molecule has 0 bridgehead atoms. The van der Waals surface area contributed by atoms with Crippen molar-refractivity contribution < 1.29 is 18.7 Å². The van der Waals surface area contributed by atoms with E-state index in [2.05, 4.69) is 4.74 Å². The first kappa shape index (κ1) is 14.1. The molecular weight excluding hydrogens is 259 g/mol. The van der Waals surface area contributed by atoms with Gasteiger partial charge < -0.3 is 9.47 Å². The predicted octanol–water partition coefficient (Wildman–Crippen LogP) is 3.68. The van der Waals surface area contributed by atoms with Gasteiger partial charge in [0.1, 0.15) is 11.6 Å². The molecule has 20 heavy (non-hydrogen) atoms. The lowest BCUT2D eigenvalue weighted by Gasteiger charge is -2.07. The molecule has 0 N–H and O–H groups in total. The maximum Gasteiger partial charge on any atom is 0.337 e. The Bertz CT molecular complexity index is 606. The second kappa shape index (κ2) is 6.19. The van der Waals surface area contributed by atoms with Gasteiger partial charge in [0.2, 0.25) is 0 Å². The maximum atomic E-state index is 13.6. The minimum Gasteiger partial charge on any atom is -0.494 e. The first-order valence-electron chi connectivity index (χ1n) is 6.26. The van der Waals surface area contributed by atoms with Gasteiger partial charge in [0.05, 0.1) is 19.3 Å². The molecule has 0 aromatic heterocycles. The topological polar surface area (TPSA) is 35.5 Å². The van der Waals surface area contributed by atoms with E-state index in [-0.39, 0.29) is 5.56 Å². The van der Waals surface area contributed by atoms with E-state index in [1.807, 2.05) is 31.2 Å². The molecule has 0 radical (unpaired) electrons. The van der Waals surface area contributed by atoms with Gasteiger partial charge in [-0.25, -0.2) is 9.18 Å². The van der Waals surface area contributed by atoms with Gasteiger partial charge in [-0.15, -0.1) is 0 Å². The van der Waals surface area contributed by atoms with Crippen LogP contribution in [-0.2, 0) is 4.74 Å². The molecule has 0 saturated heterocycles. The highest BCUT2D eigenvalue weighted by molar-refractivity contribution is 5.91. The maximum absolute atomic E-state index is 13.6. The molecule has 2 rings (SSSR count). The number of carbonyl (C=O) groups excluding carboxylic acids is 1. The summed E-state index contributed by atoms with van der Waals surface area (Å²) in [7, 11) is 1.27. The fraction of sp³-hybridized carbons (Fsp3) is 0.188. The highest BCUT2D eigenvalue weighted by Crippen LogP contribution is 2.24. The van der Waals surface area contributed by atoms with Crippen LogP contribution in [0.1, 0.15) is 17.3 Å². The zero-order valence-electron chi connectivity index (χ0n) is 11.4. The molecule has 0 saturated carbocycles. The van der Waals surface area contributed by atoms with Crippen molar-refractivity contribution in [2.24, 2.45) is 0 Å². The molecule has 0 amide bonds. The number of ether oxygens (including phenoxy) is 2. The van der Waals surface area contributed by atoms with Crippen LogP contribution >= 0.6 is 0 Å². The zero-order chi connectivity index (χ0) is 14.5. The normalized spacial score (nSPS) is 10.2. The Kier molecular flexibility index (Phi) is 4.35. The number of halogens is 1. The molecule has 0 aliphatic rings. The van der Waals surface area contributed by atoms with Crippen LogP contribution in [0.15, 0.2) is 42.5 Å². The van der Waals surface area contributed by atoms with E-state index >= 15 is 0 Å². The average molecular weight is 274 g/mol. The molecular formula is C16H15FO3. The van der Waals surface area contributed by atoms with Crippen molar-refractivity contribution in [1.29, 1.82) is 0 Å². The lowest BCUT2D eigenvalue weighted by molar-refractivity contribution is 0.0600. The zero-order valence-corrected chi connectivity index (χ0v) is 11.4. The molecule has 0 atom stereocenters. The van der Waals surface area contributed by atoms with E-state index in [0.29, 0.717) is 12.2 Å². The van der Waals surface area contributed by atoms with Crippen LogP contribution in [-0.4, -0.2) is 19.7 Å². The Morgan fingerprint density at radius 2 is 1.80 bits per heavy atom.